The number of aliphatic hydroxyl groups is 1. The molecule has 0 aliphatic carbocycles. The van der Waals surface area contributed by atoms with Gasteiger partial charge in [0.2, 0.25) is 11.5 Å². The van der Waals surface area contributed by atoms with E-state index < -0.39 is 11.4 Å². The van der Waals surface area contributed by atoms with Gasteiger partial charge in [-0.05, 0) is 56.5 Å². The number of likely N-dealkylation sites (tertiary alicyclic amines) is 1. The van der Waals surface area contributed by atoms with Crippen LogP contribution in [0.4, 0.5) is 10.5 Å². The van der Waals surface area contributed by atoms with Crippen molar-refractivity contribution in [1.82, 2.24) is 9.88 Å². The van der Waals surface area contributed by atoms with Crippen LogP contribution in [0.15, 0.2) is 59.0 Å². The average molecular weight is 538 g/mol. The third kappa shape index (κ3) is 4.94. The zero-order valence-corrected chi connectivity index (χ0v) is 21.9. The highest BCUT2D eigenvalue weighted by molar-refractivity contribution is 6.33. The lowest BCUT2D eigenvalue weighted by molar-refractivity contribution is 0.0462. The van der Waals surface area contributed by atoms with E-state index in [1.54, 1.807) is 23.1 Å². The molecule has 2 N–H and O–H groups in total. The predicted octanol–water partition coefficient (Wildman–Crippen LogP) is 7.05. The highest BCUT2D eigenvalue weighted by Gasteiger charge is 2.34. The fraction of sp³-hybridized carbons (Fsp3) is 0.250. The number of furan rings is 1. The second-order valence-electron chi connectivity index (χ2n) is 9.54. The number of halogens is 2. The highest BCUT2D eigenvalue weighted by atomic mass is 35.5. The number of fused-ring (bicyclic) bond motifs is 1. The summed E-state index contributed by atoms with van der Waals surface area (Å²) >= 11 is 12.7. The van der Waals surface area contributed by atoms with Gasteiger partial charge < -0.3 is 19.7 Å². The molecule has 0 spiro atoms. The molecular formula is C28H25Cl2N3O4. The van der Waals surface area contributed by atoms with Crippen LogP contribution in [0, 0.1) is 0 Å². The number of ketones is 1. The summed E-state index contributed by atoms with van der Waals surface area (Å²) in [7, 11) is 0. The van der Waals surface area contributed by atoms with Crippen LogP contribution in [0.25, 0.3) is 33.5 Å². The lowest BCUT2D eigenvalue weighted by Gasteiger charge is -2.18. The van der Waals surface area contributed by atoms with Crippen molar-refractivity contribution in [3.63, 3.8) is 0 Å². The van der Waals surface area contributed by atoms with Crippen LogP contribution in [0.3, 0.4) is 0 Å². The topological polar surface area (TPSA) is 95.7 Å². The number of benzene rings is 2. The second-order valence-corrected chi connectivity index (χ2v) is 10.4. The molecule has 4 aromatic rings. The Kier molecular flexibility index (Phi) is 6.70. The minimum atomic E-state index is -1.73. The monoisotopic (exact) mass is 537 g/mol. The zero-order chi connectivity index (χ0) is 26.3. The van der Waals surface area contributed by atoms with Gasteiger partial charge in [0.25, 0.3) is 0 Å². The third-order valence-corrected chi connectivity index (χ3v) is 6.94. The lowest BCUT2D eigenvalue weighted by atomic mass is 9.97. The van der Waals surface area contributed by atoms with Gasteiger partial charge in [-0.3, -0.25) is 4.79 Å². The molecule has 1 saturated heterocycles. The number of aromatic nitrogens is 1. The van der Waals surface area contributed by atoms with Gasteiger partial charge in [0.1, 0.15) is 11.3 Å². The van der Waals surface area contributed by atoms with E-state index >= 15 is 0 Å². The Labute approximate surface area is 224 Å². The Hall–Kier alpha value is -3.39. The fourth-order valence-corrected chi connectivity index (χ4v) is 4.75. The molecule has 7 nitrogen and oxygen atoms in total. The number of rotatable bonds is 5. The van der Waals surface area contributed by atoms with Crippen LogP contribution in [0.2, 0.25) is 10.0 Å². The number of nitrogens with zero attached hydrogens (tertiary/aromatic N) is 2. The summed E-state index contributed by atoms with van der Waals surface area (Å²) in [4.78, 5) is 32.7. The van der Waals surface area contributed by atoms with Gasteiger partial charge in [-0.15, -0.1) is 0 Å². The Balaban J connectivity index is 1.76. The molecule has 0 radical (unpaired) electrons. The van der Waals surface area contributed by atoms with Gasteiger partial charge in [-0.25, -0.2) is 9.78 Å². The summed E-state index contributed by atoms with van der Waals surface area (Å²) in [6.45, 7) is 4.00. The van der Waals surface area contributed by atoms with E-state index in [9.17, 15) is 14.7 Å². The molecule has 3 heterocycles. The van der Waals surface area contributed by atoms with E-state index in [1.807, 2.05) is 36.4 Å². The molecular weight excluding hydrogens is 513 g/mol. The first-order chi connectivity index (χ1) is 17.6. The first kappa shape index (κ1) is 25.3. The number of urea groups is 1. The summed E-state index contributed by atoms with van der Waals surface area (Å²) in [6, 6.07) is 16.0. The first-order valence-electron chi connectivity index (χ1n) is 11.9. The van der Waals surface area contributed by atoms with Crippen LogP contribution in [-0.4, -0.2) is 45.5 Å². The summed E-state index contributed by atoms with van der Waals surface area (Å²) in [5.41, 5.74) is 1.30. The Morgan fingerprint density at radius 1 is 1.03 bits per heavy atom. The van der Waals surface area contributed by atoms with Gasteiger partial charge in [-0.2, -0.15) is 0 Å². The molecule has 2 aromatic carbocycles. The molecule has 1 aliphatic heterocycles. The lowest BCUT2D eigenvalue weighted by Crippen LogP contribution is -2.34. The standard InChI is InChI=1S/C28H25Cl2N3O4/c1-28(2,36)25(34)24-23(32-27(35)33-13-5-6-14-33)20-15-19(16-9-11-17(29)12-10-16)22(31-26(20)37-24)18-7-3-4-8-21(18)30/h3-4,7-12,15,36H,5-6,13-14H2,1-2H3,(H,32,35). The van der Waals surface area contributed by atoms with Crippen LogP contribution in [0.5, 0.6) is 0 Å². The summed E-state index contributed by atoms with van der Waals surface area (Å²) < 4.78 is 5.94. The normalized spacial score (nSPS) is 13.8. The van der Waals surface area contributed by atoms with Crippen molar-refractivity contribution in [2.24, 2.45) is 0 Å². The Bertz CT molecular complexity index is 1500. The minimum absolute atomic E-state index is 0.136. The van der Waals surface area contributed by atoms with Crippen LogP contribution < -0.4 is 5.32 Å². The third-order valence-electron chi connectivity index (χ3n) is 6.35. The quantitative estimate of drug-likeness (QED) is 0.266. The Morgan fingerprint density at radius 2 is 1.70 bits per heavy atom. The SMILES string of the molecule is CC(C)(O)C(=O)c1oc2nc(-c3ccccc3Cl)c(-c3ccc(Cl)cc3)cc2c1NC(=O)N1CCCC1. The molecule has 0 unspecified atom stereocenters. The van der Waals surface area contributed by atoms with Crippen molar-refractivity contribution in [3.05, 3.63) is 70.4 Å². The van der Waals surface area contributed by atoms with E-state index in [1.165, 1.54) is 13.8 Å². The molecule has 1 aliphatic rings. The van der Waals surface area contributed by atoms with Crippen molar-refractivity contribution in [1.29, 1.82) is 0 Å². The van der Waals surface area contributed by atoms with E-state index in [0.717, 1.165) is 18.4 Å². The largest absolute Gasteiger partial charge is 0.432 e. The van der Waals surface area contributed by atoms with Gasteiger partial charge in [0, 0.05) is 34.3 Å². The number of amides is 2. The van der Waals surface area contributed by atoms with Crippen molar-refractivity contribution in [2.75, 3.05) is 18.4 Å². The van der Waals surface area contributed by atoms with Gasteiger partial charge in [-0.1, -0.05) is 53.5 Å². The number of carbonyl (C=O) groups is 2. The maximum absolute atomic E-state index is 13.2. The van der Waals surface area contributed by atoms with Gasteiger partial charge >= 0.3 is 6.03 Å². The van der Waals surface area contributed by atoms with Gasteiger partial charge in [0.05, 0.1) is 11.1 Å². The summed E-state index contributed by atoms with van der Waals surface area (Å²) in [5, 5.41) is 14.8. The average Bonchev–Trinajstić information content (AvgIpc) is 3.52. The number of hydrogen-bond donors (Lipinski definition) is 2. The summed E-state index contributed by atoms with van der Waals surface area (Å²) in [5.74, 6) is -0.838. The number of hydrogen-bond acceptors (Lipinski definition) is 5. The van der Waals surface area contributed by atoms with Crippen LogP contribution >= 0.6 is 23.2 Å². The van der Waals surface area contributed by atoms with Crippen molar-refractivity contribution in [3.8, 4) is 22.4 Å². The number of Topliss-reactive ketones (excluding diaryl/α,β-unsaturated/α-hetero) is 1. The van der Waals surface area contributed by atoms with Crippen molar-refractivity contribution >= 4 is 51.8 Å². The maximum Gasteiger partial charge on any atom is 0.321 e. The molecule has 0 atom stereocenters. The fourth-order valence-electron chi connectivity index (χ4n) is 4.40. The zero-order valence-electron chi connectivity index (χ0n) is 20.3. The summed E-state index contributed by atoms with van der Waals surface area (Å²) in [6.07, 6.45) is 1.83. The molecule has 0 saturated carbocycles. The highest BCUT2D eigenvalue weighted by Crippen LogP contribution is 2.41. The number of nitrogens with one attached hydrogen (secondary N) is 1. The van der Waals surface area contributed by atoms with Crippen molar-refractivity contribution < 1.29 is 19.1 Å². The first-order valence-corrected chi connectivity index (χ1v) is 12.7. The van der Waals surface area contributed by atoms with Crippen LogP contribution in [-0.2, 0) is 0 Å². The van der Waals surface area contributed by atoms with E-state index in [0.29, 0.717) is 45.3 Å². The molecule has 1 fully saturated rings. The molecule has 9 heteroatoms. The number of carbonyl (C=O) groups excluding carboxylic acids is 2. The smallest absolute Gasteiger partial charge is 0.321 e. The van der Waals surface area contributed by atoms with E-state index in [-0.39, 0.29) is 23.2 Å². The molecule has 2 amide bonds. The molecule has 0 bridgehead atoms. The molecule has 190 valence electrons. The number of anilines is 1. The number of pyridine rings is 1. The van der Waals surface area contributed by atoms with Crippen molar-refractivity contribution in [2.45, 2.75) is 32.3 Å². The van der Waals surface area contributed by atoms with E-state index in [2.05, 4.69) is 5.32 Å². The molecule has 5 rings (SSSR count). The second kappa shape index (κ2) is 9.82. The Morgan fingerprint density at radius 3 is 2.35 bits per heavy atom. The van der Waals surface area contributed by atoms with Gasteiger partial charge in [0.15, 0.2) is 5.76 Å². The maximum atomic E-state index is 13.2. The minimum Gasteiger partial charge on any atom is -0.432 e. The molecule has 37 heavy (non-hydrogen) atoms. The predicted molar refractivity (Wildman–Crippen MR) is 145 cm³/mol. The van der Waals surface area contributed by atoms with Crippen LogP contribution in [0.1, 0.15) is 37.2 Å². The molecule has 2 aromatic heterocycles. The van der Waals surface area contributed by atoms with E-state index in [4.69, 9.17) is 32.6 Å².